The van der Waals surface area contributed by atoms with E-state index in [0.29, 0.717) is 16.7 Å². The van der Waals surface area contributed by atoms with E-state index < -0.39 is 6.10 Å². The fourth-order valence-electron chi connectivity index (χ4n) is 3.33. The van der Waals surface area contributed by atoms with Crippen molar-refractivity contribution < 1.29 is 9.52 Å². The van der Waals surface area contributed by atoms with E-state index in [4.69, 9.17) is 16.0 Å². The van der Waals surface area contributed by atoms with Gasteiger partial charge >= 0.3 is 0 Å². The molecule has 0 radical (unpaired) electrons. The van der Waals surface area contributed by atoms with Crippen molar-refractivity contribution in [1.29, 1.82) is 0 Å². The number of aliphatic hydroxyl groups is 1. The first-order valence-electron chi connectivity index (χ1n) is 7.54. The van der Waals surface area contributed by atoms with Crippen LogP contribution in [0.2, 0.25) is 5.02 Å². The van der Waals surface area contributed by atoms with Crippen molar-refractivity contribution in [2.45, 2.75) is 45.1 Å². The molecule has 0 saturated heterocycles. The summed E-state index contributed by atoms with van der Waals surface area (Å²) in [6, 6.07) is 7.49. The molecule has 1 unspecified atom stereocenters. The molecule has 1 saturated carbocycles. The van der Waals surface area contributed by atoms with E-state index in [1.807, 2.05) is 24.3 Å². The molecule has 1 aromatic carbocycles. The van der Waals surface area contributed by atoms with E-state index in [9.17, 15) is 5.11 Å². The fourth-order valence-corrected chi connectivity index (χ4v) is 3.51. The minimum Gasteiger partial charge on any atom is -0.458 e. The van der Waals surface area contributed by atoms with Gasteiger partial charge in [0.25, 0.3) is 0 Å². The number of aliphatic hydroxyl groups excluding tert-OH is 1. The molecule has 1 fully saturated rings. The first-order valence-corrected chi connectivity index (χ1v) is 7.92. The summed E-state index contributed by atoms with van der Waals surface area (Å²) in [4.78, 5) is 0. The highest BCUT2D eigenvalue weighted by atomic mass is 35.5. The second kappa shape index (κ2) is 5.79. The van der Waals surface area contributed by atoms with Gasteiger partial charge in [-0.15, -0.1) is 0 Å². The summed E-state index contributed by atoms with van der Waals surface area (Å²) in [5.41, 5.74) is 0.797. The maximum atomic E-state index is 10.5. The lowest BCUT2D eigenvalue weighted by atomic mass is 9.78. The fraction of sp³-hybridized carbons (Fsp3) is 0.529. The van der Waals surface area contributed by atoms with E-state index in [2.05, 4.69) is 6.92 Å². The highest BCUT2D eigenvalue weighted by Gasteiger charge is 2.28. The standard InChI is InChI=1S/C17H21ClO2/c1-2-11-3-5-12(6-4-11)17(19)16-10-13-9-14(18)7-8-15(13)20-16/h7-12,17,19H,2-6H2,1H3. The third-order valence-electron chi connectivity index (χ3n) is 4.70. The second-order valence-corrected chi connectivity index (χ2v) is 6.40. The number of furan rings is 1. The zero-order valence-corrected chi connectivity index (χ0v) is 12.6. The summed E-state index contributed by atoms with van der Waals surface area (Å²) in [6.45, 7) is 2.25. The number of rotatable bonds is 3. The van der Waals surface area contributed by atoms with E-state index in [1.54, 1.807) is 0 Å². The largest absolute Gasteiger partial charge is 0.458 e. The molecular weight excluding hydrogens is 272 g/mol. The smallest absolute Gasteiger partial charge is 0.134 e. The Morgan fingerprint density at radius 2 is 2.00 bits per heavy atom. The highest BCUT2D eigenvalue weighted by Crippen LogP contribution is 2.39. The predicted molar refractivity (Wildman–Crippen MR) is 81.9 cm³/mol. The average Bonchev–Trinajstić information content (AvgIpc) is 2.89. The number of benzene rings is 1. The molecule has 1 atom stereocenters. The first-order chi connectivity index (χ1) is 9.67. The SMILES string of the molecule is CCC1CCC(C(O)c2cc3cc(Cl)ccc3o2)CC1. The van der Waals surface area contributed by atoms with Gasteiger partial charge in [0, 0.05) is 10.4 Å². The zero-order chi connectivity index (χ0) is 14.1. The molecule has 3 rings (SSSR count). The maximum Gasteiger partial charge on any atom is 0.134 e. The summed E-state index contributed by atoms with van der Waals surface area (Å²) in [5, 5.41) is 12.2. The molecule has 20 heavy (non-hydrogen) atoms. The van der Waals surface area contributed by atoms with E-state index in [0.717, 1.165) is 29.7 Å². The van der Waals surface area contributed by atoms with Gasteiger partial charge in [-0.05, 0) is 48.9 Å². The van der Waals surface area contributed by atoms with Crippen LogP contribution in [-0.4, -0.2) is 5.11 Å². The molecular formula is C17H21ClO2. The molecule has 2 aromatic rings. The van der Waals surface area contributed by atoms with Gasteiger partial charge in [0.15, 0.2) is 0 Å². The summed E-state index contributed by atoms with van der Waals surface area (Å²) in [6.07, 6.45) is 5.41. The molecule has 3 heteroatoms. The molecule has 1 N–H and O–H groups in total. The minimum atomic E-state index is -0.487. The molecule has 0 spiro atoms. The maximum absolute atomic E-state index is 10.5. The third kappa shape index (κ3) is 2.72. The summed E-state index contributed by atoms with van der Waals surface area (Å²) in [7, 11) is 0. The van der Waals surface area contributed by atoms with Gasteiger partial charge in [0.2, 0.25) is 0 Å². The molecule has 1 heterocycles. The number of halogens is 1. The van der Waals surface area contributed by atoms with E-state index in [-0.39, 0.29) is 0 Å². The van der Waals surface area contributed by atoms with Gasteiger partial charge in [0.05, 0.1) is 0 Å². The highest BCUT2D eigenvalue weighted by molar-refractivity contribution is 6.31. The quantitative estimate of drug-likeness (QED) is 0.829. The summed E-state index contributed by atoms with van der Waals surface area (Å²) < 4.78 is 5.78. The molecule has 108 valence electrons. The van der Waals surface area contributed by atoms with E-state index in [1.165, 1.54) is 19.3 Å². The van der Waals surface area contributed by atoms with Crippen LogP contribution >= 0.6 is 11.6 Å². The van der Waals surface area contributed by atoms with Crippen molar-refractivity contribution in [2.24, 2.45) is 11.8 Å². The Bertz CT molecular complexity index is 582. The number of hydrogen-bond donors (Lipinski definition) is 1. The Kier molecular flexibility index (Phi) is 4.04. The van der Waals surface area contributed by atoms with Gasteiger partial charge < -0.3 is 9.52 Å². The lowest BCUT2D eigenvalue weighted by Gasteiger charge is -2.30. The van der Waals surface area contributed by atoms with E-state index >= 15 is 0 Å². The predicted octanol–water partition coefficient (Wildman–Crippen LogP) is 5.34. The van der Waals surface area contributed by atoms with Crippen LogP contribution in [0.1, 0.15) is 50.9 Å². The van der Waals surface area contributed by atoms with Crippen molar-refractivity contribution in [2.75, 3.05) is 0 Å². The number of fused-ring (bicyclic) bond motifs is 1. The molecule has 0 aliphatic heterocycles. The van der Waals surface area contributed by atoms with Crippen LogP contribution in [0.3, 0.4) is 0 Å². The van der Waals surface area contributed by atoms with Crippen LogP contribution < -0.4 is 0 Å². The number of hydrogen-bond acceptors (Lipinski definition) is 2. The average molecular weight is 293 g/mol. The molecule has 2 nitrogen and oxygen atoms in total. The topological polar surface area (TPSA) is 33.4 Å². The van der Waals surface area contributed by atoms with Crippen LogP contribution in [0.25, 0.3) is 11.0 Å². The van der Waals surface area contributed by atoms with Crippen molar-refractivity contribution in [3.63, 3.8) is 0 Å². The molecule has 0 amide bonds. The monoisotopic (exact) mass is 292 g/mol. The Balaban J connectivity index is 1.77. The van der Waals surface area contributed by atoms with Crippen LogP contribution in [-0.2, 0) is 0 Å². The van der Waals surface area contributed by atoms with Crippen LogP contribution in [0.4, 0.5) is 0 Å². The van der Waals surface area contributed by atoms with Gasteiger partial charge in [-0.3, -0.25) is 0 Å². The zero-order valence-electron chi connectivity index (χ0n) is 11.8. The molecule has 1 aliphatic carbocycles. The molecule has 1 aromatic heterocycles. The minimum absolute atomic E-state index is 0.328. The van der Waals surface area contributed by atoms with Crippen molar-refractivity contribution in [3.05, 3.63) is 35.0 Å². The third-order valence-corrected chi connectivity index (χ3v) is 4.94. The lowest BCUT2D eigenvalue weighted by Crippen LogP contribution is -2.19. The Hall–Kier alpha value is -0.990. The second-order valence-electron chi connectivity index (χ2n) is 5.96. The summed E-state index contributed by atoms with van der Waals surface area (Å²) in [5.74, 6) is 1.85. The van der Waals surface area contributed by atoms with Crippen molar-refractivity contribution >= 4 is 22.6 Å². The van der Waals surface area contributed by atoms with Crippen molar-refractivity contribution in [1.82, 2.24) is 0 Å². The Labute approximate surface area is 124 Å². The van der Waals surface area contributed by atoms with Gasteiger partial charge in [0.1, 0.15) is 17.4 Å². The van der Waals surface area contributed by atoms with Gasteiger partial charge in [-0.25, -0.2) is 0 Å². The van der Waals surface area contributed by atoms with Crippen LogP contribution in [0, 0.1) is 11.8 Å². The molecule has 1 aliphatic rings. The van der Waals surface area contributed by atoms with Crippen LogP contribution in [0.15, 0.2) is 28.7 Å². The normalized spacial score (nSPS) is 24.9. The summed E-state index contributed by atoms with van der Waals surface area (Å²) >= 11 is 5.98. The Morgan fingerprint density at radius 3 is 2.70 bits per heavy atom. The van der Waals surface area contributed by atoms with Crippen LogP contribution in [0.5, 0.6) is 0 Å². The molecule has 0 bridgehead atoms. The van der Waals surface area contributed by atoms with Crippen molar-refractivity contribution in [3.8, 4) is 0 Å². The van der Waals surface area contributed by atoms with Gasteiger partial charge in [-0.1, -0.05) is 37.8 Å². The first kappa shape index (κ1) is 14.0. The lowest BCUT2D eigenvalue weighted by molar-refractivity contribution is 0.0566. The Morgan fingerprint density at radius 1 is 1.25 bits per heavy atom. The van der Waals surface area contributed by atoms with Gasteiger partial charge in [-0.2, -0.15) is 0 Å².